The summed E-state index contributed by atoms with van der Waals surface area (Å²) in [5.74, 6) is 1.58. The third-order valence-corrected chi connectivity index (χ3v) is 3.87. The van der Waals surface area contributed by atoms with Gasteiger partial charge < -0.3 is 9.64 Å². The highest BCUT2D eigenvalue weighted by Crippen LogP contribution is 2.31. The molecule has 0 N–H and O–H groups in total. The van der Waals surface area contributed by atoms with Crippen LogP contribution >= 0.6 is 11.8 Å². The molecule has 0 aromatic heterocycles. The molecule has 4 nitrogen and oxygen atoms in total. The average Bonchev–Trinajstić information content (AvgIpc) is 2.93. The maximum Gasteiger partial charge on any atom is 0.296 e. The van der Waals surface area contributed by atoms with Gasteiger partial charge in [-0.25, -0.2) is 0 Å². The Hall–Kier alpha value is -1.75. The normalized spacial score (nSPS) is 20.3. The largest absolute Gasteiger partial charge is 0.496 e. The third-order valence-electron chi connectivity index (χ3n) is 2.92. The van der Waals surface area contributed by atoms with E-state index in [0.29, 0.717) is 5.70 Å². The van der Waals surface area contributed by atoms with E-state index in [9.17, 15) is 4.79 Å². The fraction of sp³-hybridized carbons (Fsp3) is 0.231. The van der Waals surface area contributed by atoms with Crippen LogP contribution in [0.25, 0.3) is 6.08 Å². The number of hydrogen-bond acceptors (Lipinski definition) is 4. The number of fused-ring (bicyclic) bond motifs is 1. The van der Waals surface area contributed by atoms with Gasteiger partial charge in [-0.1, -0.05) is 30.0 Å². The molecule has 0 saturated carbocycles. The number of hydrogen-bond donors (Lipinski definition) is 0. The molecular formula is C13H12N2O2S. The van der Waals surface area contributed by atoms with Crippen molar-refractivity contribution in [1.82, 2.24) is 4.90 Å². The highest BCUT2D eigenvalue weighted by Gasteiger charge is 2.33. The molecule has 0 radical (unpaired) electrons. The Morgan fingerprint density at radius 3 is 3.11 bits per heavy atom. The number of rotatable bonds is 2. The smallest absolute Gasteiger partial charge is 0.296 e. The lowest BCUT2D eigenvalue weighted by Gasteiger charge is -2.12. The second-order valence-electron chi connectivity index (χ2n) is 3.97. The number of benzene rings is 1. The average molecular weight is 260 g/mol. The van der Waals surface area contributed by atoms with Gasteiger partial charge in [-0.3, -0.25) is 4.79 Å². The summed E-state index contributed by atoms with van der Waals surface area (Å²) in [6, 6.07) is 7.65. The first-order chi connectivity index (χ1) is 8.79. The van der Waals surface area contributed by atoms with Gasteiger partial charge in [0.15, 0.2) is 5.17 Å². The van der Waals surface area contributed by atoms with E-state index in [-0.39, 0.29) is 5.91 Å². The van der Waals surface area contributed by atoms with Gasteiger partial charge in [0.1, 0.15) is 11.4 Å². The van der Waals surface area contributed by atoms with Gasteiger partial charge >= 0.3 is 0 Å². The first-order valence-corrected chi connectivity index (χ1v) is 6.66. The third kappa shape index (κ3) is 1.80. The van der Waals surface area contributed by atoms with Crippen LogP contribution < -0.4 is 4.74 Å². The number of para-hydroxylation sites is 1. The molecule has 1 aromatic carbocycles. The lowest BCUT2D eigenvalue weighted by Crippen LogP contribution is -2.20. The zero-order chi connectivity index (χ0) is 12.5. The number of carbonyl (C=O) groups is 1. The van der Waals surface area contributed by atoms with E-state index in [1.165, 1.54) is 0 Å². The minimum Gasteiger partial charge on any atom is -0.496 e. The van der Waals surface area contributed by atoms with Gasteiger partial charge in [0, 0.05) is 17.9 Å². The fourth-order valence-electron chi connectivity index (χ4n) is 2.05. The van der Waals surface area contributed by atoms with Crippen molar-refractivity contribution in [2.75, 3.05) is 19.4 Å². The summed E-state index contributed by atoms with van der Waals surface area (Å²) in [5.41, 5.74) is 1.54. The van der Waals surface area contributed by atoms with Gasteiger partial charge in [0.05, 0.1) is 7.11 Å². The van der Waals surface area contributed by atoms with Gasteiger partial charge in [0.2, 0.25) is 0 Å². The molecular weight excluding hydrogens is 248 g/mol. The van der Waals surface area contributed by atoms with E-state index in [4.69, 9.17) is 4.74 Å². The van der Waals surface area contributed by atoms with Crippen LogP contribution in [0.3, 0.4) is 0 Å². The molecule has 1 aromatic rings. The highest BCUT2D eigenvalue weighted by atomic mass is 32.2. The van der Waals surface area contributed by atoms with Crippen LogP contribution in [0.4, 0.5) is 0 Å². The number of amides is 1. The number of thioether (sulfide) groups is 1. The lowest BCUT2D eigenvalue weighted by molar-refractivity contribution is -0.114. The van der Waals surface area contributed by atoms with Crippen LogP contribution in [-0.4, -0.2) is 35.4 Å². The summed E-state index contributed by atoms with van der Waals surface area (Å²) in [6.07, 6.45) is 1.85. The number of ether oxygens (including phenoxy) is 1. The molecule has 2 heterocycles. The molecule has 92 valence electrons. The van der Waals surface area contributed by atoms with E-state index < -0.39 is 0 Å². The lowest BCUT2D eigenvalue weighted by atomic mass is 10.1. The van der Waals surface area contributed by atoms with Crippen molar-refractivity contribution in [3.05, 3.63) is 35.5 Å². The van der Waals surface area contributed by atoms with Crippen molar-refractivity contribution >= 4 is 28.9 Å². The number of carbonyl (C=O) groups excluding carboxylic acids is 1. The van der Waals surface area contributed by atoms with E-state index in [0.717, 1.165) is 28.8 Å². The summed E-state index contributed by atoms with van der Waals surface area (Å²) in [6.45, 7) is 0.843. The Kier molecular flexibility index (Phi) is 2.83. The zero-order valence-corrected chi connectivity index (χ0v) is 10.7. The molecule has 2 aliphatic heterocycles. The van der Waals surface area contributed by atoms with Crippen molar-refractivity contribution in [2.24, 2.45) is 4.99 Å². The standard InChI is InChI=1S/C13H12N2O2S/c1-17-11-5-3-2-4-9(11)8-10-12(16)14-13-15(10)6-7-18-13/h2-5,8H,6-7H2,1H3/b10-8+. The molecule has 0 spiro atoms. The Labute approximate surface area is 109 Å². The molecule has 0 unspecified atom stereocenters. The minimum absolute atomic E-state index is 0.164. The molecule has 5 heteroatoms. The minimum atomic E-state index is -0.164. The second kappa shape index (κ2) is 4.49. The Balaban J connectivity index is 2.00. The molecule has 3 rings (SSSR count). The maximum atomic E-state index is 11.8. The number of amidine groups is 1. The first-order valence-electron chi connectivity index (χ1n) is 5.67. The molecule has 0 aliphatic carbocycles. The van der Waals surface area contributed by atoms with Crippen molar-refractivity contribution < 1.29 is 9.53 Å². The van der Waals surface area contributed by atoms with Crippen LogP contribution in [0, 0.1) is 0 Å². The van der Waals surface area contributed by atoms with Crippen LogP contribution in [0.1, 0.15) is 5.56 Å². The quantitative estimate of drug-likeness (QED) is 0.763. The fourth-order valence-corrected chi connectivity index (χ4v) is 3.00. The summed E-state index contributed by atoms with van der Waals surface area (Å²) >= 11 is 1.62. The topological polar surface area (TPSA) is 41.9 Å². The molecule has 0 atom stereocenters. The van der Waals surface area contributed by atoms with E-state index in [1.54, 1.807) is 18.9 Å². The van der Waals surface area contributed by atoms with Crippen LogP contribution in [-0.2, 0) is 4.79 Å². The van der Waals surface area contributed by atoms with Gasteiger partial charge in [-0.2, -0.15) is 4.99 Å². The van der Waals surface area contributed by atoms with Crippen LogP contribution in [0.5, 0.6) is 5.75 Å². The summed E-state index contributed by atoms with van der Waals surface area (Å²) in [5, 5.41) is 0.821. The zero-order valence-electron chi connectivity index (χ0n) is 9.92. The number of aliphatic imine (C=N–C) groups is 1. The Morgan fingerprint density at radius 1 is 1.44 bits per heavy atom. The highest BCUT2D eigenvalue weighted by molar-refractivity contribution is 8.14. The first kappa shape index (κ1) is 11.3. The predicted octanol–water partition coefficient (Wildman–Crippen LogP) is 1.98. The monoisotopic (exact) mass is 260 g/mol. The Morgan fingerprint density at radius 2 is 2.28 bits per heavy atom. The molecule has 18 heavy (non-hydrogen) atoms. The van der Waals surface area contributed by atoms with Crippen molar-refractivity contribution in [3.8, 4) is 5.75 Å². The molecule has 1 saturated heterocycles. The number of nitrogens with zero attached hydrogens (tertiary/aromatic N) is 2. The number of methoxy groups -OCH3 is 1. The summed E-state index contributed by atoms with van der Waals surface area (Å²) in [7, 11) is 1.63. The van der Waals surface area contributed by atoms with Crippen molar-refractivity contribution in [3.63, 3.8) is 0 Å². The molecule has 2 aliphatic rings. The van der Waals surface area contributed by atoms with Crippen LogP contribution in [0.15, 0.2) is 35.0 Å². The molecule has 1 fully saturated rings. The molecule has 0 bridgehead atoms. The second-order valence-corrected chi connectivity index (χ2v) is 5.03. The van der Waals surface area contributed by atoms with Crippen molar-refractivity contribution in [1.29, 1.82) is 0 Å². The van der Waals surface area contributed by atoms with Crippen molar-refractivity contribution in [2.45, 2.75) is 0 Å². The predicted molar refractivity (Wildman–Crippen MR) is 72.6 cm³/mol. The molecule has 1 amide bonds. The van der Waals surface area contributed by atoms with Crippen LogP contribution in [0.2, 0.25) is 0 Å². The van der Waals surface area contributed by atoms with Gasteiger partial charge in [-0.15, -0.1) is 0 Å². The summed E-state index contributed by atoms with van der Waals surface area (Å²) < 4.78 is 5.29. The van der Waals surface area contributed by atoms with E-state index in [2.05, 4.69) is 4.99 Å². The maximum absolute atomic E-state index is 11.8. The van der Waals surface area contributed by atoms with Gasteiger partial charge in [-0.05, 0) is 12.1 Å². The van der Waals surface area contributed by atoms with Gasteiger partial charge in [0.25, 0.3) is 5.91 Å². The summed E-state index contributed by atoms with van der Waals surface area (Å²) in [4.78, 5) is 17.9. The van der Waals surface area contributed by atoms with E-state index in [1.807, 2.05) is 35.2 Å². The SMILES string of the molecule is COc1ccccc1/C=C1\C(=O)N=C2SCCN21. The Bertz CT molecular complexity index is 566. The van der Waals surface area contributed by atoms with E-state index >= 15 is 0 Å².